The number of hydrogen-bond donors (Lipinski definition) is 0. The zero-order valence-electron chi connectivity index (χ0n) is 16.8. The molecule has 148 valence electrons. The molecule has 0 aromatic heterocycles. The lowest BCUT2D eigenvalue weighted by Gasteiger charge is -2.31. The van der Waals surface area contributed by atoms with E-state index in [1.807, 2.05) is 0 Å². The number of unbranched alkanes of at least 4 members (excludes halogenated alkanes) is 3. The van der Waals surface area contributed by atoms with Crippen molar-refractivity contribution in [3.8, 4) is 0 Å². The predicted octanol–water partition coefficient (Wildman–Crippen LogP) is 5.33. The van der Waals surface area contributed by atoms with Gasteiger partial charge in [-0.25, -0.2) is 0 Å². The highest BCUT2D eigenvalue weighted by Gasteiger charge is 2.46. The van der Waals surface area contributed by atoms with Gasteiger partial charge in [0.15, 0.2) is 0 Å². The standard InChI is InChI=1S/C20H40O4Si/c1-4-7-13-21-25(22-14-8-5-2,23-15-9-6-3)16-12-18-10-11-19-20(17-18)24-19/h18-20H,4-17H2,1-3H3/t18?,19?,20-/m0/s1. The van der Waals surface area contributed by atoms with Crippen LogP contribution in [0.1, 0.15) is 85.0 Å². The van der Waals surface area contributed by atoms with Gasteiger partial charge in [-0.3, -0.25) is 0 Å². The maximum atomic E-state index is 6.35. The molecule has 0 amide bonds. The van der Waals surface area contributed by atoms with Gasteiger partial charge in [0, 0.05) is 25.9 Å². The van der Waals surface area contributed by atoms with Crippen molar-refractivity contribution >= 4 is 8.80 Å². The van der Waals surface area contributed by atoms with Crippen LogP contribution in [-0.4, -0.2) is 40.8 Å². The Morgan fingerprint density at radius 2 is 1.36 bits per heavy atom. The monoisotopic (exact) mass is 372 g/mol. The summed E-state index contributed by atoms with van der Waals surface area (Å²) < 4.78 is 24.8. The third-order valence-electron chi connectivity index (χ3n) is 5.43. The highest BCUT2D eigenvalue weighted by Crippen LogP contribution is 2.41. The second-order valence-corrected chi connectivity index (χ2v) is 10.5. The molecule has 5 heteroatoms. The molecule has 2 aliphatic rings. The minimum atomic E-state index is -2.54. The van der Waals surface area contributed by atoms with E-state index in [2.05, 4.69) is 20.8 Å². The Bertz CT molecular complexity index is 326. The maximum Gasteiger partial charge on any atom is 0.500 e. The average Bonchev–Trinajstić information content (AvgIpc) is 3.39. The molecule has 0 radical (unpaired) electrons. The second-order valence-electron chi connectivity index (χ2n) is 7.72. The van der Waals surface area contributed by atoms with E-state index in [9.17, 15) is 0 Å². The van der Waals surface area contributed by atoms with E-state index < -0.39 is 8.80 Å². The fraction of sp³-hybridized carbons (Fsp3) is 1.00. The summed E-state index contributed by atoms with van der Waals surface area (Å²) in [5, 5.41) is 0. The molecular weight excluding hydrogens is 332 g/mol. The van der Waals surface area contributed by atoms with Crippen LogP contribution in [0.25, 0.3) is 0 Å². The second kappa shape index (κ2) is 11.7. The summed E-state index contributed by atoms with van der Waals surface area (Å²) in [6.07, 6.45) is 12.8. The lowest BCUT2D eigenvalue weighted by molar-refractivity contribution is 0.0543. The lowest BCUT2D eigenvalue weighted by atomic mass is 9.88. The van der Waals surface area contributed by atoms with E-state index in [1.54, 1.807) is 0 Å². The first-order valence-electron chi connectivity index (χ1n) is 10.8. The number of hydrogen-bond acceptors (Lipinski definition) is 4. The van der Waals surface area contributed by atoms with Crippen molar-refractivity contribution in [3.05, 3.63) is 0 Å². The molecule has 2 rings (SSSR count). The fourth-order valence-corrected chi connectivity index (χ4v) is 6.40. The summed E-state index contributed by atoms with van der Waals surface area (Å²) in [6.45, 7) is 8.95. The van der Waals surface area contributed by atoms with Gasteiger partial charge >= 0.3 is 8.80 Å². The van der Waals surface area contributed by atoms with E-state index in [1.165, 1.54) is 25.7 Å². The summed E-state index contributed by atoms with van der Waals surface area (Å²) in [5.74, 6) is 0.759. The van der Waals surface area contributed by atoms with Gasteiger partial charge in [0.2, 0.25) is 0 Å². The zero-order valence-corrected chi connectivity index (χ0v) is 17.8. The smallest absolute Gasteiger partial charge is 0.373 e. The van der Waals surface area contributed by atoms with E-state index >= 15 is 0 Å². The van der Waals surface area contributed by atoms with E-state index in [0.717, 1.165) is 70.3 Å². The predicted molar refractivity (Wildman–Crippen MR) is 104 cm³/mol. The van der Waals surface area contributed by atoms with Crippen LogP contribution in [0.5, 0.6) is 0 Å². The van der Waals surface area contributed by atoms with Crippen LogP contribution in [0.3, 0.4) is 0 Å². The number of epoxide rings is 1. The Kier molecular flexibility index (Phi) is 10.00. The molecule has 1 aliphatic carbocycles. The molecule has 0 aromatic rings. The van der Waals surface area contributed by atoms with Crippen molar-refractivity contribution in [2.75, 3.05) is 19.8 Å². The number of rotatable bonds is 15. The summed E-state index contributed by atoms with van der Waals surface area (Å²) in [6, 6.07) is 0.978. The lowest BCUT2D eigenvalue weighted by Crippen LogP contribution is -2.47. The SMILES string of the molecule is CCCCO[Si](CCC1CCC2O[C@H]2C1)(OCCCC)OCCCC. The summed E-state index contributed by atoms with van der Waals surface area (Å²) in [5.41, 5.74) is 0. The molecule has 1 saturated heterocycles. The van der Waals surface area contributed by atoms with E-state index in [-0.39, 0.29) is 0 Å². The zero-order chi connectivity index (χ0) is 18.0. The number of fused-ring (bicyclic) bond motifs is 1. The van der Waals surface area contributed by atoms with Gasteiger partial charge in [0.05, 0.1) is 12.2 Å². The first-order valence-corrected chi connectivity index (χ1v) is 12.7. The Hall–Kier alpha value is 0.0569. The molecule has 0 spiro atoms. The van der Waals surface area contributed by atoms with Crippen LogP contribution < -0.4 is 0 Å². The Morgan fingerprint density at radius 3 is 1.84 bits per heavy atom. The van der Waals surface area contributed by atoms with Crippen molar-refractivity contribution < 1.29 is 18.0 Å². The van der Waals surface area contributed by atoms with Gasteiger partial charge in [-0.1, -0.05) is 40.0 Å². The number of ether oxygens (including phenoxy) is 1. The van der Waals surface area contributed by atoms with Crippen LogP contribution in [-0.2, 0) is 18.0 Å². The summed E-state index contributed by atoms with van der Waals surface area (Å²) in [7, 11) is -2.54. The third-order valence-corrected chi connectivity index (χ3v) is 8.26. The molecule has 1 saturated carbocycles. The molecule has 3 atom stereocenters. The topological polar surface area (TPSA) is 40.2 Å². The van der Waals surface area contributed by atoms with Crippen molar-refractivity contribution in [2.45, 2.75) is 103 Å². The molecule has 0 bridgehead atoms. The minimum absolute atomic E-state index is 0.554. The van der Waals surface area contributed by atoms with Crippen molar-refractivity contribution in [2.24, 2.45) is 5.92 Å². The van der Waals surface area contributed by atoms with Crippen LogP contribution in [0.15, 0.2) is 0 Å². The largest absolute Gasteiger partial charge is 0.500 e. The quantitative estimate of drug-likeness (QED) is 0.221. The van der Waals surface area contributed by atoms with Crippen LogP contribution in [0.2, 0.25) is 6.04 Å². The Labute approximate surface area is 156 Å². The average molecular weight is 373 g/mol. The first kappa shape index (κ1) is 21.4. The van der Waals surface area contributed by atoms with Crippen molar-refractivity contribution in [1.82, 2.24) is 0 Å². The Morgan fingerprint density at radius 1 is 0.800 bits per heavy atom. The van der Waals surface area contributed by atoms with Gasteiger partial charge in [-0.2, -0.15) is 0 Å². The van der Waals surface area contributed by atoms with Gasteiger partial charge in [-0.15, -0.1) is 0 Å². The molecule has 0 N–H and O–H groups in total. The summed E-state index contributed by atoms with van der Waals surface area (Å²) in [4.78, 5) is 0. The van der Waals surface area contributed by atoms with Gasteiger partial charge in [0.1, 0.15) is 0 Å². The molecular formula is C20H40O4Si. The van der Waals surface area contributed by atoms with Crippen molar-refractivity contribution in [1.29, 1.82) is 0 Å². The minimum Gasteiger partial charge on any atom is -0.373 e. The van der Waals surface area contributed by atoms with Crippen LogP contribution >= 0.6 is 0 Å². The van der Waals surface area contributed by atoms with Gasteiger partial charge < -0.3 is 18.0 Å². The van der Waals surface area contributed by atoms with Crippen LogP contribution in [0.4, 0.5) is 0 Å². The maximum absolute atomic E-state index is 6.35. The molecule has 2 fully saturated rings. The normalized spacial score (nSPS) is 25.8. The molecule has 1 aliphatic heterocycles. The van der Waals surface area contributed by atoms with Gasteiger partial charge in [-0.05, 0) is 50.9 Å². The van der Waals surface area contributed by atoms with Gasteiger partial charge in [0.25, 0.3) is 0 Å². The highest BCUT2D eigenvalue weighted by molar-refractivity contribution is 6.60. The van der Waals surface area contributed by atoms with E-state index in [4.69, 9.17) is 18.0 Å². The fourth-order valence-electron chi connectivity index (χ4n) is 3.59. The first-order chi connectivity index (χ1) is 12.2. The molecule has 1 heterocycles. The molecule has 25 heavy (non-hydrogen) atoms. The van der Waals surface area contributed by atoms with E-state index in [0.29, 0.717) is 12.2 Å². The molecule has 4 nitrogen and oxygen atoms in total. The highest BCUT2D eigenvalue weighted by atomic mass is 28.4. The van der Waals surface area contributed by atoms with Crippen LogP contribution in [0, 0.1) is 5.92 Å². The molecule has 0 aromatic carbocycles. The summed E-state index contributed by atoms with van der Waals surface area (Å²) >= 11 is 0. The van der Waals surface area contributed by atoms with Crippen molar-refractivity contribution in [3.63, 3.8) is 0 Å². The Balaban J connectivity index is 1.88. The third kappa shape index (κ3) is 7.67. The molecule has 2 unspecified atom stereocenters.